The first-order valence-corrected chi connectivity index (χ1v) is 8.64. The number of anilines is 2. The van der Waals surface area contributed by atoms with Crippen molar-refractivity contribution in [3.8, 4) is 0 Å². The molecule has 2 amide bonds. The highest BCUT2D eigenvalue weighted by Gasteiger charge is 2.29. The monoisotopic (exact) mass is 472 g/mol. The first-order valence-electron chi connectivity index (χ1n) is 7.56. The Bertz CT molecular complexity index is 864. The van der Waals surface area contributed by atoms with Crippen molar-refractivity contribution in [3.63, 3.8) is 0 Å². The summed E-state index contributed by atoms with van der Waals surface area (Å²) in [6.07, 6.45) is 3.46. The van der Waals surface area contributed by atoms with Gasteiger partial charge in [0.05, 0.1) is 29.7 Å². The molecule has 0 radical (unpaired) electrons. The van der Waals surface area contributed by atoms with Crippen molar-refractivity contribution in [1.29, 1.82) is 0 Å². The summed E-state index contributed by atoms with van der Waals surface area (Å²) < 4.78 is 14.9. The minimum atomic E-state index is -0.780. The van der Waals surface area contributed by atoms with E-state index in [2.05, 4.69) is 10.3 Å². The molecule has 2 aromatic rings. The van der Waals surface area contributed by atoms with E-state index in [0.29, 0.717) is 23.2 Å². The molecule has 1 aromatic heterocycles. The van der Waals surface area contributed by atoms with Crippen molar-refractivity contribution >= 4 is 45.8 Å². The van der Waals surface area contributed by atoms with Gasteiger partial charge in [-0.25, -0.2) is 14.9 Å². The third-order valence-corrected chi connectivity index (χ3v) is 4.40. The third kappa shape index (κ3) is 3.92. The summed E-state index contributed by atoms with van der Waals surface area (Å²) in [5.41, 5.74) is 2.97. The summed E-state index contributed by atoms with van der Waals surface area (Å²) >= 11 is 2.00. The number of carbonyl (C=O) groups is 2. The van der Waals surface area contributed by atoms with Crippen LogP contribution in [0, 0.1) is 9.39 Å². The molecule has 0 unspecified atom stereocenters. The van der Waals surface area contributed by atoms with Crippen LogP contribution in [0.15, 0.2) is 30.6 Å². The molecular formula is C16H14FIN4O4. The van der Waals surface area contributed by atoms with Crippen LogP contribution >= 0.6 is 22.6 Å². The zero-order valence-electron chi connectivity index (χ0n) is 13.3. The Morgan fingerprint density at radius 2 is 2.19 bits per heavy atom. The molecule has 0 bridgehead atoms. The highest BCUT2D eigenvalue weighted by atomic mass is 127. The largest absolute Gasteiger partial charge is 0.351 e. The minimum Gasteiger partial charge on any atom is -0.351 e. The molecule has 0 atom stereocenters. The molecule has 136 valence electrons. The van der Waals surface area contributed by atoms with Gasteiger partial charge in [0.25, 0.3) is 11.8 Å². The van der Waals surface area contributed by atoms with Gasteiger partial charge in [0, 0.05) is 9.77 Å². The van der Waals surface area contributed by atoms with Gasteiger partial charge in [-0.15, -0.1) is 0 Å². The zero-order valence-corrected chi connectivity index (χ0v) is 15.5. The molecule has 8 nitrogen and oxygen atoms in total. The molecule has 1 aliphatic rings. The number of carbonyl (C=O) groups excluding carboxylic acids is 2. The predicted octanol–water partition coefficient (Wildman–Crippen LogP) is 2.00. The first-order chi connectivity index (χ1) is 12.5. The van der Waals surface area contributed by atoms with Gasteiger partial charge in [0.15, 0.2) is 6.61 Å². The van der Waals surface area contributed by atoms with Crippen molar-refractivity contribution in [1.82, 2.24) is 15.5 Å². The van der Waals surface area contributed by atoms with Gasteiger partial charge >= 0.3 is 0 Å². The van der Waals surface area contributed by atoms with Crippen LogP contribution < -0.4 is 10.8 Å². The standard InChI is InChI=1S/C16H14FIN4O4/c17-11-5-10(18)1-2-12(11)20-13-7-19-6-9-3-4-22(16(24)15(9)13)26-8-14(23)21-25/h1-2,5-7,20,25H,3-4,8H2,(H,21,23). The molecule has 0 spiro atoms. The van der Waals surface area contributed by atoms with E-state index in [1.807, 2.05) is 22.6 Å². The van der Waals surface area contributed by atoms with Crippen molar-refractivity contribution < 1.29 is 24.0 Å². The van der Waals surface area contributed by atoms with Crippen LogP contribution in [0.2, 0.25) is 0 Å². The average molecular weight is 472 g/mol. The Kier molecular flexibility index (Phi) is 5.64. The van der Waals surface area contributed by atoms with Crippen LogP contribution in [0.5, 0.6) is 0 Å². The Hall–Kier alpha value is -2.31. The lowest BCUT2D eigenvalue weighted by Crippen LogP contribution is -2.40. The lowest BCUT2D eigenvalue weighted by Gasteiger charge is -2.28. The number of hydrogen-bond acceptors (Lipinski definition) is 6. The van der Waals surface area contributed by atoms with Crippen LogP contribution in [-0.4, -0.2) is 40.2 Å². The fourth-order valence-corrected chi connectivity index (χ4v) is 2.97. The average Bonchev–Trinajstić information content (AvgIpc) is 2.63. The number of hydrogen-bond donors (Lipinski definition) is 3. The molecule has 0 aliphatic carbocycles. The number of hydroxylamine groups is 3. The molecule has 0 saturated carbocycles. The second-order valence-corrected chi connectivity index (χ2v) is 6.68. The Labute approximate surface area is 161 Å². The molecule has 3 N–H and O–H groups in total. The maximum Gasteiger partial charge on any atom is 0.279 e. The Morgan fingerprint density at radius 3 is 2.92 bits per heavy atom. The third-order valence-electron chi connectivity index (χ3n) is 3.73. The number of aromatic nitrogens is 1. The van der Waals surface area contributed by atoms with E-state index in [1.54, 1.807) is 18.3 Å². The maximum absolute atomic E-state index is 14.1. The second kappa shape index (κ2) is 7.93. The number of fused-ring (bicyclic) bond motifs is 1. The molecule has 1 aromatic carbocycles. The van der Waals surface area contributed by atoms with Gasteiger partial charge in [-0.3, -0.25) is 24.6 Å². The first kappa shape index (κ1) is 18.5. The SMILES string of the molecule is O=C(CON1CCc2cncc(Nc3ccc(I)cc3F)c2C1=O)NO. The normalized spacial score (nSPS) is 13.3. The molecule has 0 fully saturated rings. The number of rotatable bonds is 5. The fourth-order valence-electron chi connectivity index (χ4n) is 2.52. The van der Waals surface area contributed by atoms with Gasteiger partial charge < -0.3 is 5.32 Å². The van der Waals surface area contributed by atoms with E-state index in [-0.39, 0.29) is 12.2 Å². The van der Waals surface area contributed by atoms with E-state index in [4.69, 9.17) is 10.0 Å². The fraction of sp³-hybridized carbons (Fsp3) is 0.188. The topological polar surface area (TPSA) is 104 Å². The van der Waals surface area contributed by atoms with Crippen molar-refractivity contribution in [2.45, 2.75) is 6.42 Å². The van der Waals surface area contributed by atoms with Crippen molar-refractivity contribution in [3.05, 3.63) is 51.1 Å². The van der Waals surface area contributed by atoms with E-state index in [0.717, 1.165) is 8.63 Å². The quantitative estimate of drug-likeness (QED) is 0.350. The summed E-state index contributed by atoms with van der Waals surface area (Å²) in [6, 6.07) is 4.68. The van der Waals surface area contributed by atoms with E-state index < -0.39 is 24.2 Å². The van der Waals surface area contributed by atoms with Gasteiger partial charge in [-0.05, 0) is 52.8 Å². The molecular weight excluding hydrogens is 458 g/mol. The number of nitrogens with one attached hydrogen (secondary N) is 2. The lowest BCUT2D eigenvalue weighted by atomic mass is 10.0. The number of halogens is 2. The van der Waals surface area contributed by atoms with Crippen LogP contribution in [0.3, 0.4) is 0 Å². The molecule has 0 saturated heterocycles. The summed E-state index contributed by atoms with van der Waals surface area (Å²) in [4.78, 5) is 33.0. The number of nitrogens with zero attached hydrogens (tertiary/aromatic N) is 2. The Balaban J connectivity index is 1.86. The molecule has 3 rings (SSSR count). The smallest absolute Gasteiger partial charge is 0.279 e. The van der Waals surface area contributed by atoms with Gasteiger partial charge in [0.1, 0.15) is 5.82 Å². The number of pyridine rings is 1. The highest BCUT2D eigenvalue weighted by Crippen LogP contribution is 2.29. The van der Waals surface area contributed by atoms with Crippen molar-refractivity contribution in [2.75, 3.05) is 18.5 Å². The van der Waals surface area contributed by atoms with Gasteiger partial charge in [-0.1, -0.05) is 0 Å². The zero-order chi connectivity index (χ0) is 18.7. The number of amides is 2. The van der Waals surface area contributed by atoms with E-state index in [9.17, 15) is 14.0 Å². The van der Waals surface area contributed by atoms with Crippen LogP contribution in [-0.2, 0) is 16.1 Å². The summed E-state index contributed by atoms with van der Waals surface area (Å²) in [6.45, 7) is -0.273. The van der Waals surface area contributed by atoms with E-state index >= 15 is 0 Å². The molecule has 1 aliphatic heterocycles. The Morgan fingerprint density at radius 1 is 1.38 bits per heavy atom. The predicted molar refractivity (Wildman–Crippen MR) is 97.3 cm³/mol. The van der Waals surface area contributed by atoms with Crippen LogP contribution in [0.4, 0.5) is 15.8 Å². The molecule has 10 heteroatoms. The van der Waals surface area contributed by atoms with Gasteiger partial charge in [0.2, 0.25) is 0 Å². The highest BCUT2D eigenvalue weighted by molar-refractivity contribution is 14.1. The summed E-state index contributed by atoms with van der Waals surface area (Å²) in [5.74, 6) is -1.71. The minimum absolute atomic E-state index is 0.214. The summed E-state index contributed by atoms with van der Waals surface area (Å²) in [5, 5.41) is 12.4. The lowest BCUT2D eigenvalue weighted by molar-refractivity contribution is -0.157. The van der Waals surface area contributed by atoms with Crippen LogP contribution in [0.25, 0.3) is 0 Å². The van der Waals surface area contributed by atoms with Crippen LogP contribution in [0.1, 0.15) is 15.9 Å². The second-order valence-electron chi connectivity index (χ2n) is 5.44. The van der Waals surface area contributed by atoms with Crippen molar-refractivity contribution in [2.24, 2.45) is 0 Å². The number of benzene rings is 1. The maximum atomic E-state index is 14.1. The molecule has 26 heavy (non-hydrogen) atoms. The van der Waals surface area contributed by atoms with Gasteiger partial charge in [-0.2, -0.15) is 0 Å². The van der Waals surface area contributed by atoms with E-state index in [1.165, 1.54) is 17.7 Å². The molecule has 2 heterocycles. The summed E-state index contributed by atoms with van der Waals surface area (Å²) in [7, 11) is 0.